The summed E-state index contributed by atoms with van der Waals surface area (Å²) >= 11 is 0. The molecule has 0 aromatic heterocycles. The Labute approximate surface area is 224 Å². The summed E-state index contributed by atoms with van der Waals surface area (Å²) in [5.74, 6) is 3.39. The number of fused-ring (bicyclic) bond motifs is 4. The molecule has 0 amide bonds. The molecule has 202 valence electrons. The second kappa shape index (κ2) is 10.3. The molecule has 0 aliphatic heterocycles. The van der Waals surface area contributed by atoms with Crippen molar-refractivity contribution in [3.05, 3.63) is 47.0 Å². The van der Waals surface area contributed by atoms with Crippen LogP contribution < -0.4 is 0 Å². The first kappa shape index (κ1) is 26.7. The Morgan fingerprint density at radius 1 is 1.03 bits per heavy atom. The Hall–Kier alpha value is -1.90. The third kappa shape index (κ3) is 4.85. The standard InChI is InChI=1S/C34H48O3/c1-22(2)10-9-11-23(3)28-16-17-29-27-15-14-25-20-26(37-32(36)24-12-7-6-8-13-24)18-19-33(25,4)31(27)30(35)21-34(28,29)5/h6-8,12-13,22-23,25-26,28-29H,9-11,14-21H2,1-5H3/t23-,25+,26+,28-,29+,33+,34-/m1/s1. The van der Waals surface area contributed by atoms with E-state index in [0.717, 1.165) is 44.4 Å². The molecule has 3 nitrogen and oxygen atoms in total. The lowest BCUT2D eigenvalue weighted by Gasteiger charge is -2.54. The first-order valence-electron chi connectivity index (χ1n) is 15.2. The summed E-state index contributed by atoms with van der Waals surface area (Å²) in [6.45, 7) is 11.9. The highest BCUT2D eigenvalue weighted by molar-refractivity contribution is 5.99. The Morgan fingerprint density at radius 2 is 1.78 bits per heavy atom. The van der Waals surface area contributed by atoms with Gasteiger partial charge in [-0.3, -0.25) is 4.79 Å². The van der Waals surface area contributed by atoms with Crippen LogP contribution in [0.2, 0.25) is 0 Å². The van der Waals surface area contributed by atoms with Crippen molar-refractivity contribution in [3.8, 4) is 0 Å². The summed E-state index contributed by atoms with van der Waals surface area (Å²) in [5, 5.41) is 0. The van der Waals surface area contributed by atoms with E-state index in [9.17, 15) is 9.59 Å². The van der Waals surface area contributed by atoms with Gasteiger partial charge in [-0.05, 0) is 97.5 Å². The zero-order valence-corrected chi connectivity index (χ0v) is 23.9. The van der Waals surface area contributed by atoms with Gasteiger partial charge < -0.3 is 4.74 Å². The quantitative estimate of drug-likeness (QED) is 0.349. The smallest absolute Gasteiger partial charge is 0.338 e. The van der Waals surface area contributed by atoms with E-state index in [2.05, 4.69) is 34.6 Å². The average molecular weight is 505 g/mol. The molecule has 0 N–H and O–H groups in total. The largest absolute Gasteiger partial charge is 0.459 e. The molecular weight excluding hydrogens is 456 g/mol. The molecule has 4 aliphatic rings. The number of hydrogen-bond donors (Lipinski definition) is 0. The van der Waals surface area contributed by atoms with Crippen LogP contribution in [0.25, 0.3) is 0 Å². The maximum absolute atomic E-state index is 14.0. The van der Waals surface area contributed by atoms with Crippen molar-refractivity contribution in [1.29, 1.82) is 0 Å². The Bertz CT molecular complexity index is 1040. The summed E-state index contributed by atoms with van der Waals surface area (Å²) in [6, 6.07) is 9.33. The number of carbonyl (C=O) groups is 2. The number of Topliss-reactive ketones (excluding diaryl/α,β-unsaturated/α-hetero) is 1. The van der Waals surface area contributed by atoms with Gasteiger partial charge in [-0.15, -0.1) is 0 Å². The molecule has 0 heterocycles. The molecule has 0 radical (unpaired) electrons. The summed E-state index contributed by atoms with van der Waals surface area (Å²) in [4.78, 5) is 26.7. The van der Waals surface area contributed by atoms with Gasteiger partial charge in [0.1, 0.15) is 6.10 Å². The van der Waals surface area contributed by atoms with Crippen molar-refractivity contribution in [2.75, 3.05) is 0 Å². The van der Waals surface area contributed by atoms with Gasteiger partial charge >= 0.3 is 5.97 Å². The lowest BCUT2D eigenvalue weighted by molar-refractivity contribution is -0.123. The molecule has 2 saturated carbocycles. The van der Waals surface area contributed by atoms with Gasteiger partial charge in [-0.25, -0.2) is 4.79 Å². The van der Waals surface area contributed by atoms with Gasteiger partial charge in [0.25, 0.3) is 0 Å². The lowest BCUT2D eigenvalue weighted by Crippen LogP contribution is -2.49. The molecule has 1 aromatic rings. The predicted octanol–water partition coefficient (Wildman–Crippen LogP) is 8.58. The Morgan fingerprint density at radius 3 is 2.51 bits per heavy atom. The van der Waals surface area contributed by atoms with Crippen LogP contribution in [0.1, 0.15) is 116 Å². The molecule has 2 fully saturated rings. The minimum absolute atomic E-state index is 0.0422. The Balaban J connectivity index is 1.31. The molecule has 1 aromatic carbocycles. The molecule has 4 aliphatic carbocycles. The number of benzene rings is 1. The van der Waals surface area contributed by atoms with Crippen LogP contribution in [0, 0.1) is 40.4 Å². The lowest BCUT2D eigenvalue weighted by atomic mass is 9.50. The van der Waals surface area contributed by atoms with E-state index in [1.165, 1.54) is 43.3 Å². The maximum atomic E-state index is 14.0. The third-order valence-electron chi connectivity index (χ3n) is 11.1. The van der Waals surface area contributed by atoms with Crippen LogP contribution >= 0.6 is 0 Å². The van der Waals surface area contributed by atoms with Crippen molar-refractivity contribution in [2.45, 2.75) is 111 Å². The maximum Gasteiger partial charge on any atom is 0.338 e. The highest BCUT2D eigenvalue weighted by Crippen LogP contribution is 2.65. The zero-order chi connectivity index (χ0) is 26.4. The van der Waals surface area contributed by atoms with Crippen molar-refractivity contribution in [1.82, 2.24) is 0 Å². The third-order valence-corrected chi connectivity index (χ3v) is 11.1. The van der Waals surface area contributed by atoms with Crippen molar-refractivity contribution >= 4 is 11.8 Å². The summed E-state index contributed by atoms with van der Waals surface area (Å²) < 4.78 is 5.97. The number of rotatable bonds is 7. The van der Waals surface area contributed by atoms with E-state index < -0.39 is 0 Å². The van der Waals surface area contributed by atoms with Crippen molar-refractivity contribution in [3.63, 3.8) is 0 Å². The number of ether oxygens (including phenoxy) is 1. The van der Waals surface area contributed by atoms with Gasteiger partial charge in [0.2, 0.25) is 0 Å². The number of ketones is 1. The van der Waals surface area contributed by atoms with Crippen LogP contribution in [0.3, 0.4) is 0 Å². The summed E-state index contributed by atoms with van der Waals surface area (Å²) in [7, 11) is 0. The van der Waals surface area contributed by atoms with Crippen LogP contribution in [-0.2, 0) is 9.53 Å². The second-order valence-corrected chi connectivity index (χ2v) is 13.9. The Kier molecular flexibility index (Phi) is 7.46. The molecular formula is C34H48O3. The molecule has 0 unspecified atom stereocenters. The van der Waals surface area contributed by atoms with E-state index >= 15 is 0 Å². The highest BCUT2D eigenvalue weighted by Gasteiger charge is 2.58. The molecule has 0 saturated heterocycles. The van der Waals surface area contributed by atoms with Crippen LogP contribution in [0.15, 0.2) is 41.5 Å². The van der Waals surface area contributed by atoms with Gasteiger partial charge in [-0.2, -0.15) is 0 Å². The fourth-order valence-electron chi connectivity index (χ4n) is 9.20. The number of allylic oxidation sites excluding steroid dienone is 2. The fraction of sp³-hybridized carbons (Fsp3) is 0.706. The topological polar surface area (TPSA) is 43.4 Å². The predicted molar refractivity (Wildman–Crippen MR) is 149 cm³/mol. The van der Waals surface area contributed by atoms with Gasteiger partial charge in [0.05, 0.1) is 5.56 Å². The zero-order valence-electron chi connectivity index (χ0n) is 23.9. The molecule has 3 heteroatoms. The van der Waals surface area contributed by atoms with E-state index in [4.69, 9.17) is 4.74 Å². The molecule has 0 spiro atoms. The highest BCUT2D eigenvalue weighted by atomic mass is 16.5. The van der Waals surface area contributed by atoms with Gasteiger partial charge in [-0.1, -0.05) is 77.7 Å². The van der Waals surface area contributed by atoms with E-state index in [0.29, 0.717) is 35.0 Å². The van der Waals surface area contributed by atoms with E-state index in [1.807, 2.05) is 30.3 Å². The van der Waals surface area contributed by atoms with E-state index in [1.54, 1.807) is 0 Å². The molecule has 5 rings (SSSR count). The van der Waals surface area contributed by atoms with Crippen molar-refractivity contribution < 1.29 is 14.3 Å². The SMILES string of the molecule is CC(C)CCC[C@@H](C)[C@H]1CC[C@H]2C3=C(C(=O)C[C@]12C)[C@@]1(C)CC[C@H](OC(=O)c2ccccc2)C[C@@H]1CC3. The number of carbonyl (C=O) groups excluding carboxylic acids is 2. The average Bonchev–Trinajstić information content (AvgIpc) is 3.20. The first-order chi connectivity index (χ1) is 17.6. The summed E-state index contributed by atoms with van der Waals surface area (Å²) in [6.07, 6.45) is 12.1. The monoisotopic (exact) mass is 504 g/mol. The van der Waals surface area contributed by atoms with Crippen molar-refractivity contribution in [2.24, 2.45) is 40.4 Å². The second-order valence-electron chi connectivity index (χ2n) is 13.9. The normalized spacial score (nSPS) is 36.1. The van der Waals surface area contributed by atoms with Gasteiger partial charge in [0.15, 0.2) is 5.78 Å². The minimum Gasteiger partial charge on any atom is -0.459 e. The van der Waals surface area contributed by atoms with Gasteiger partial charge in [0, 0.05) is 12.0 Å². The summed E-state index contributed by atoms with van der Waals surface area (Å²) in [5.41, 5.74) is 3.46. The first-order valence-corrected chi connectivity index (χ1v) is 15.2. The fourth-order valence-corrected chi connectivity index (χ4v) is 9.20. The number of esters is 1. The number of hydrogen-bond acceptors (Lipinski definition) is 3. The van der Waals surface area contributed by atoms with Crippen LogP contribution in [0.5, 0.6) is 0 Å². The molecule has 7 atom stereocenters. The molecule has 0 bridgehead atoms. The molecule has 37 heavy (non-hydrogen) atoms. The van der Waals surface area contributed by atoms with Crippen LogP contribution in [0.4, 0.5) is 0 Å². The minimum atomic E-state index is -0.214. The van der Waals surface area contributed by atoms with E-state index in [-0.39, 0.29) is 22.9 Å². The van der Waals surface area contributed by atoms with Crippen LogP contribution in [-0.4, -0.2) is 17.9 Å².